The molecular weight excluding hydrogens is 302 g/mol. The second-order valence-electron chi connectivity index (χ2n) is 6.53. The number of hydrogen-bond acceptors (Lipinski definition) is 3. The van der Waals surface area contributed by atoms with Crippen molar-refractivity contribution in [1.82, 2.24) is 9.80 Å². The number of piperazine rings is 1. The summed E-state index contributed by atoms with van der Waals surface area (Å²) in [6, 6.07) is 6.37. The lowest BCUT2D eigenvalue weighted by Crippen LogP contribution is -2.52. The van der Waals surface area contributed by atoms with Crippen LogP contribution in [-0.2, 0) is 9.59 Å². The van der Waals surface area contributed by atoms with E-state index < -0.39 is 0 Å². The van der Waals surface area contributed by atoms with Crippen molar-refractivity contribution in [3.05, 3.63) is 29.3 Å². The van der Waals surface area contributed by atoms with Gasteiger partial charge in [-0.1, -0.05) is 19.1 Å². The van der Waals surface area contributed by atoms with Gasteiger partial charge in [-0.05, 0) is 37.5 Å². The first-order valence-electron chi connectivity index (χ1n) is 8.78. The molecule has 1 aliphatic heterocycles. The van der Waals surface area contributed by atoms with Crippen LogP contribution in [0.3, 0.4) is 0 Å². The van der Waals surface area contributed by atoms with Crippen molar-refractivity contribution < 1.29 is 9.59 Å². The lowest BCUT2D eigenvalue weighted by atomic mass is 10.1. The topological polar surface area (TPSA) is 43.9 Å². The molecular formula is C19H29N3O2. The molecule has 24 heavy (non-hydrogen) atoms. The number of rotatable bonds is 5. The summed E-state index contributed by atoms with van der Waals surface area (Å²) >= 11 is 0. The fourth-order valence-electron chi connectivity index (χ4n) is 3.16. The van der Waals surface area contributed by atoms with E-state index in [-0.39, 0.29) is 18.4 Å². The zero-order valence-corrected chi connectivity index (χ0v) is 15.3. The maximum absolute atomic E-state index is 12.5. The summed E-state index contributed by atoms with van der Waals surface area (Å²) in [4.78, 5) is 29.9. The average molecular weight is 331 g/mol. The van der Waals surface area contributed by atoms with E-state index in [1.165, 1.54) is 23.7 Å². The number of carbonyl (C=O) groups excluding carboxylic acids is 2. The monoisotopic (exact) mass is 331 g/mol. The van der Waals surface area contributed by atoms with Gasteiger partial charge in [0.05, 0.1) is 6.54 Å². The number of hydrogen-bond donors (Lipinski definition) is 0. The molecule has 1 saturated heterocycles. The summed E-state index contributed by atoms with van der Waals surface area (Å²) in [7, 11) is 0. The van der Waals surface area contributed by atoms with Gasteiger partial charge in [0.15, 0.2) is 0 Å². The predicted molar refractivity (Wildman–Crippen MR) is 97.3 cm³/mol. The van der Waals surface area contributed by atoms with Gasteiger partial charge in [0, 0.05) is 45.3 Å². The minimum absolute atomic E-state index is 0.0285. The summed E-state index contributed by atoms with van der Waals surface area (Å²) in [6.07, 6.45) is 0.868. The summed E-state index contributed by atoms with van der Waals surface area (Å²) in [5.74, 6) is 0.0264. The number of amides is 2. The Bertz CT molecular complexity index is 592. The molecule has 1 heterocycles. The highest BCUT2D eigenvalue weighted by Crippen LogP contribution is 2.23. The first-order valence-corrected chi connectivity index (χ1v) is 8.78. The maximum Gasteiger partial charge on any atom is 0.242 e. The zero-order chi connectivity index (χ0) is 17.7. The lowest BCUT2D eigenvalue weighted by Gasteiger charge is -2.37. The van der Waals surface area contributed by atoms with Crippen molar-refractivity contribution >= 4 is 17.5 Å². The van der Waals surface area contributed by atoms with Crippen molar-refractivity contribution in [2.75, 3.05) is 44.2 Å². The number of benzene rings is 1. The van der Waals surface area contributed by atoms with Crippen molar-refractivity contribution in [2.24, 2.45) is 0 Å². The van der Waals surface area contributed by atoms with Gasteiger partial charge in [-0.3, -0.25) is 9.59 Å². The van der Waals surface area contributed by atoms with Gasteiger partial charge >= 0.3 is 0 Å². The van der Waals surface area contributed by atoms with E-state index in [0.717, 1.165) is 19.5 Å². The Kier molecular flexibility index (Phi) is 6.23. The van der Waals surface area contributed by atoms with E-state index in [1.54, 1.807) is 4.90 Å². The highest BCUT2D eigenvalue weighted by molar-refractivity contribution is 5.84. The van der Waals surface area contributed by atoms with Gasteiger partial charge in [-0.25, -0.2) is 0 Å². The van der Waals surface area contributed by atoms with Gasteiger partial charge in [-0.2, -0.15) is 0 Å². The molecule has 0 spiro atoms. The van der Waals surface area contributed by atoms with Crippen LogP contribution in [0.15, 0.2) is 18.2 Å². The van der Waals surface area contributed by atoms with Crippen LogP contribution in [0.5, 0.6) is 0 Å². The maximum atomic E-state index is 12.5. The van der Waals surface area contributed by atoms with Crippen LogP contribution < -0.4 is 4.90 Å². The molecule has 2 rings (SSSR count). The van der Waals surface area contributed by atoms with Crippen LogP contribution in [0.1, 0.15) is 31.4 Å². The van der Waals surface area contributed by atoms with Crippen molar-refractivity contribution in [1.29, 1.82) is 0 Å². The number of anilines is 1. The Morgan fingerprint density at radius 1 is 1.12 bits per heavy atom. The molecule has 0 radical (unpaired) electrons. The Labute approximate surface area is 145 Å². The first kappa shape index (κ1) is 18.3. The van der Waals surface area contributed by atoms with E-state index in [1.807, 2.05) is 11.8 Å². The zero-order valence-electron chi connectivity index (χ0n) is 15.3. The summed E-state index contributed by atoms with van der Waals surface area (Å²) < 4.78 is 0. The van der Waals surface area contributed by atoms with Gasteiger partial charge in [0.25, 0.3) is 0 Å². The van der Waals surface area contributed by atoms with Gasteiger partial charge < -0.3 is 14.7 Å². The molecule has 0 bridgehead atoms. The highest BCUT2D eigenvalue weighted by Gasteiger charge is 2.24. The molecule has 0 N–H and O–H groups in total. The molecule has 1 aromatic carbocycles. The van der Waals surface area contributed by atoms with E-state index in [2.05, 4.69) is 36.9 Å². The third-order valence-corrected chi connectivity index (χ3v) is 4.81. The minimum Gasteiger partial charge on any atom is -0.368 e. The van der Waals surface area contributed by atoms with Crippen LogP contribution in [-0.4, -0.2) is 60.9 Å². The first-order chi connectivity index (χ1) is 11.4. The van der Waals surface area contributed by atoms with E-state index in [9.17, 15) is 9.59 Å². The second kappa shape index (κ2) is 8.18. The van der Waals surface area contributed by atoms with Crippen LogP contribution in [0.25, 0.3) is 0 Å². The standard InChI is InChI=1S/C19H29N3O2/c1-5-9-22(17(4)23)14-19(24)21-12-10-20(11-13-21)18-8-6-7-15(2)16(18)3/h6-8H,5,9-14H2,1-4H3. The molecule has 5 nitrogen and oxygen atoms in total. The van der Waals surface area contributed by atoms with Gasteiger partial charge in [0.2, 0.25) is 11.8 Å². The minimum atomic E-state index is -0.0285. The predicted octanol–water partition coefficient (Wildman–Crippen LogP) is 2.21. The fourth-order valence-corrected chi connectivity index (χ4v) is 3.16. The molecule has 2 amide bonds. The SMILES string of the molecule is CCCN(CC(=O)N1CCN(c2cccc(C)c2C)CC1)C(C)=O. The molecule has 0 aromatic heterocycles. The summed E-state index contributed by atoms with van der Waals surface area (Å²) in [5.41, 5.74) is 3.86. The van der Waals surface area contributed by atoms with Crippen molar-refractivity contribution in [3.8, 4) is 0 Å². The molecule has 0 aliphatic carbocycles. The highest BCUT2D eigenvalue weighted by atomic mass is 16.2. The Balaban J connectivity index is 1.93. The fraction of sp³-hybridized carbons (Fsp3) is 0.579. The van der Waals surface area contributed by atoms with E-state index >= 15 is 0 Å². The van der Waals surface area contributed by atoms with Crippen LogP contribution >= 0.6 is 0 Å². The average Bonchev–Trinajstić information content (AvgIpc) is 2.57. The van der Waals surface area contributed by atoms with E-state index in [0.29, 0.717) is 19.6 Å². The molecule has 1 fully saturated rings. The van der Waals surface area contributed by atoms with E-state index in [4.69, 9.17) is 0 Å². The van der Waals surface area contributed by atoms with Crippen LogP contribution in [0.4, 0.5) is 5.69 Å². The number of aryl methyl sites for hydroxylation is 1. The van der Waals surface area contributed by atoms with Crippen molar-refractivity contribution in [3.63, 3.8) is 0 Å². The molecule has 0 unspecified atom stereocenters. The van der Waals surface area contributed by atoms with Crippen LogP contribution in [0.2, 0.25) is 0 Å². The molecule has 0 saturated carbocycles. The molecule has 0 atom stereocenters. The second-order valence-corrected chi connectivity index (χ2v) is 6.53. The Morgan fingerprint density at radius 2 is 1.79 bits per heavy atom. The third-order valence-electron chi connectivity index (χ3n) is 4.81. The normalized spacial score (nSPS) is 14.7. The number of nitrogens with zero attached hydrogens (tertiary/aromatic N) is 3. The molecule has 1 aromatic rings. The molecule has 1 aliphatic rings. The smallest absolute Gasteiger partial charge is 0.242 e. The number of carbonyl (C=O) groups is 2. The largest absolute Gasteiger partial charge is 0.368 e. The third kappa shape index (κ3) is 4.28. The summed E-state index contributed by atoms with van der Waals surface area (Å²) in [5, 5.41) is 0. The Hall–Kier alpha value is -2.04. The van der Waals surface area contributed by atoms with Crippen LogP contribution in [0, 0.1) is 13.8 Å². The Morgan fingerprint density at radius 3 is 2.38 bits per heavy atom. The molecule has 132 valence electrons. The molecule has 5 heteroatoms. The lowest BCUT2D eigenvalue weighted by molar-refractivity contribution is -0.139. The summed E-state index contributed by atoms with van der Waals surface area (Å²) in [6.45, 7) is 11.8. The van der Waals surface area contributed by atoms with Gasteiger partial charge in [0.1, 0.15) is 0 Å². The van der Waals surface area contributed by atoms with Crippen molar-refractivity contribution in [2.45, 2.75) is 34.1 Å². The quantitative estimate of drug-likeness (QED) is 0.831. The van der Waals surface area contributed by atoms with Gasteiger partial charge in [-0.15, -0.1) is 0 Å².